The van der Waals surface area contributed by atoms with Crippen LogP contribution in [0.4, 0.5) is 8.78 Å². The first-order valence-electron chi connectivity index (χ1n) is 8.05. The van der Waals surface area contributed by atoms with Gasteiger partial charge in [-0.05, 0) is 55.3 Å². The zero-order valence-corrected chi connectivity index (χ0v) is 13.6. The van der Waals surface area contributed by atoms with E-state index in [1.54, 1.807) is 6.92 Å². The molecule has 1 saturated carbocycles. The van der Waals surface area contributed by atoms with Crippen LogP contribution < -0.4 is 5.32 Å². The zero-order valence-electron chi connectivity index (χ0n) is 13.6. The summed E-state index contributed by atoms with van der Waals surface area (Å²) in [5, 5.41) is 3.41. The van der Waals surface area contributed by atoms with Crippen molar-refractivity contribution < 1.29 is 8.78 Å². The van der Waals surface area contributed by atoms with Gasteiger partial charge >= 0.3 is 0 Å². The number of hydrogen-bond acceptors (Lipinski definition) is 1. The summed E-state index contributed by atoms with van der Waals surface area (Å²) < 4.78 is 28.3. The first-order valence-corrected chi connectivity index (χ1v) is 8.05. The summed E-state index contributed by atoms with van der Waals surface area (Å²) in [6.07, 6.45) is 4.62. The van der Waals surface area contributed by atoms with Crippen LogP contribution in [0.1, 0.15) is 63.6 Å². The second-order valence-electron chi connectivity index (χ2n) is 7.00. The molecular weight excluding hydrogens is 268 g/mol. The normalized spacial score (nSPS) is 23.0. The summed E-state index contributed by atoms with van der Waals surface area (Å²) in [7, 11) is 0. The molecule has 3 heteroatoms. The van der Waals surface area contributed by atoms with E-state index >= 15 is 0 Å². The molecule has 1 aliphatic rings. The topological polar surface area (TPSA) is 12.0 Å². The highest BCUT2D eigenvalue weighted by molar-refractivity contribution is 5.28. The second kappa shape index (κ2) is 6.43. The molecule has 2 unspecified atom stereocenters. The van der Waals surface area contributed by atoms with E-state index in [1.165, 1.54) is 25.0 Å². The van der Waals surface area contributed by atoms with E-state index in [0.29, 0.717) is 17.0 Å². The van der Waals surface area contributed by atoms with Crippen LogP contribution in [0.5, 0.6) is 0 Å². The predicted octanol–water partition coefficient (Wildman–Crippen LogP) is 5.14. The fraction of sp³-hybridized carbons (Fsp3) is 0.667. The molecule has 1 N–H and O–H groups in total. The summed E-state index contributed by atoms with van der Waals surface area (Å²) in [6, 6.07) is 2.61. The standard InChI is InChI=1S/C18H27F2N/c1-5-21-17(14-8-6-7-9-18(14,3)4)13-11-15(19)12(2)10-16(13)20/h10-11,14,17,21H,5-9H2,1-4H3. The van der Waals surface area contributed by atoms with Crippen molar-refractivity contribution >= 4 is 0 Å². The maximum absolute atomic E-state index is 14.4. The lowest BCUT2D eigenvalue weighted by atomic mass is 9.64. The molecule has 0 aromatic heterocycles. The molecule has 0 spiro atoms. The number of halogens is 2. The van der Waals surface area contributed by atoms with E-state index in [4.69, 9.17) is 0 Å². The van der Waals surface area contributed by atoms with E-state index < -0.39 is 0 Å². The van der Waals surface area contributed by atoms with Crippen molar-refractivity contribution in [3.05, 3.63) is 34.9 Å². The summed E-state index contributed by atoms with van der Waals surface area (Å²) in [6.45, 7) is 8.89. The number of nitrogens with one attached hydrogen (secondary N) is 1. The molecule has 1 aliphatic carbocycles. The summed E-state index contributed by atoms with van der Waals surface area (Å²) in [4.78, 5) is 0. The Labute approximate surface area is 127 Å². The van der Waals surface area contributed by atoms with E-state index in [1.807, 2.05) is 6.92 Å². The maximum atomic E-state index is 14.4. The van der Waals surface area contributed by atoms with Gasteiger partial charge in [-0.25, -0.2) is 8.78 Å². The van der Waals surface area contributed by atoms with Gasteiger partial charge in [0.25, 0.3) is 0 Å². The van der Waals surface area contributed by atoms with Gasteiger partial charge in [0.2, 0.25) is 0 Å². The monoisotopic (exact) mass is 295 g/mol. The molecule has 1 fully saturated rings. The smallest absolute Gasteiger partial charge is 0.128 e. The number of aryl methyl sites for hydroxylation is 1. The van der Waals surface area contributed by atoms with E-state index in [-0.39, 0.29) is 23.1 Å². The Kier molecular flexibility index (Phi) is 5.03. The summed E-state index contributed by atoms with van der Waals surface area (Å²) in [5.74, 6) is -0.271. The lowest BCUT2D eigenvalue weighted by Crippen LogP contribution is -2.39. The van der Waals surface area contributed by atoms with Crippen LogP contribution in [0, 0.1) is 29.9 Å². The van der Waals surface area contributed by atoms with Gasteiger partial charge in [-0.15, -0.1) is 0 Å². The number of rotatable bonds is 4. The molecule has 2 rings (SSSR count). The number of hydrogen-bond donors (Lipinski definition) is 1. The molecular formula is C18H27F2N. The molecule has 0 bridgehead atoms. The molecule has 118 valence electrons. The second-order valence-corrected chi connectivity index (χ2v) is 7.00. The maximum Gasteiger partial charge on any atom is 0.128 e. The van der Waals surface area contributed by atoms with Gasteiger partial charge in [-0.1, -0.05) is 33.6 Å². The van der Waals surface area contributed by atoms with Crippen LogP contribution >= 0.6 is 0 Å². The number of benzene rings is 1. The van der Waals surface area contributed by atoms with E-state index in [2.05, 4.69) is 19.2 Å². The van der Waals surface area contributed by atoms with Gasteiger partial charge in [0, 0.05) is 11.6 Å². The molecule has 0 radical (unpaired) electrons. The zero-order chi connectivity index (χ0) is 15.6. The molecule has 2 atom stereocenters. The Morgan fingerprint density at radius 1 is 1.24 bits per heavy atom. The summed E-state index contributed by atoms with van der Waals surface area (Å²) >= 11 is 0. The molecule has 1 nitrogen and oxygen atoms in total. The van der Waals surface area contributed by atoms with Crippen LogP contribution in [-0.2, 0) is 0 Å². The Morgan fingerprint density at radius 3 is 2.57 bits per heavy atom. The van der Waals surface area contributed by atoms with E-state index in [9.17, 15) is 8.78 Å². The molecule has 0 aliphatic heterocycles. The van der Waals surface area contributed by atoms with Gasteiger partial charge in [0.05, 0.1) is 0 Å². The highest BCUT2D eigenvalue weighted by Gasteiger charge is 2.38. The average Bonchev–Trinajstić information content (AvgIpc) is 2.41. The third-order valence-electron chi connectivity index (χ3n) is 5.03. The third-order valence-corrected chi connectivity index (χ3v) is 5.03. The SMILES string of the molecule is CCNC(c1cc(F)c(C)cc1F)C1CCCCC1(C)C. The Morgan fingerprint density at radius 2 is 1.95 bits per heavy atom. The van der Waals surface area contributed by atoms with Crippen molar-refractivity contribution in [2.75, 3.05) is 6.54 Å². The average molecular weight is 295 g/mol. The van der Waals surface area contributed by atoms with Crippen molar-refractivity contribution in [3.63, 3.8) is 0 Å². The Hall–Kier alpha value is -0.960. The minimum Gasteiger partial charge on any atom is -0.310 e. The molecule has 21 heavy (non-hydrogen) atoms. The van der Waals surface area contributed by atoms with Crippen molar-refractivity contribution in [2.24, 2.45) is 11.3 Å². The molecule has 0 amide bonds. The minimum atomic E-state index is -0.317. The van der Waals surface area contributed by atoms with Gasteiger partial charge < -0.3 is 5.32 Å². The quantitative estimate of drug-likeness (QED) is 0.811. The largest absolute Gasteiger partial charge is 0.310 e. The third kappa shape index (κ3) is 3.45. The van der Waals surface area contributed by atoms with Crippen molar-refractivity contribution in [2.45, 2.75) is 59.4 Å². The summed E-state index contributed by atoms with van der Waals surface area (Å²) in [5.41, 5.74) is 1.01. The van der Waals surface area contributed by atoms with Crippen LogP contribution in [0.25, 0.3) is 0 Å². The lowest BCUT2D eigenvalue weighted by molar-refractivity contribution is 0.0973. The Bertz CT molecular complexity index is 496. The predicted molar refractivity (Wildman–Crippen MR) is 83.3 cm³/mol. The van der Waals surface area contributed by atoms with Gasteiger partial charge in [-0.3, -0.25) is 0 Å². The minimum absolute atomic E-state index is 0.111. The van der Waals surface area contributed by atoms with Crippen molar-refractivity contribution in [1.82, 2.24) is 5.32 Å². The van der Waals surface area contributed by atoms with Gasteiger partial charge in [-0.2, -0.15) is 0 Å². The highest BCUT2D eigenvalue weighted by Crippen LogP contribution is 2.47. The molecule has 1 aromatic rings. The van der Waals surface area contributed by atoms with Gasteiger partial charge in [0.1, 0.15) is 11.6 Å². The first kappa shape index (κ1) is 16.4. The fourth-order valence-corrected chi connectivity index (χ4v) is 3.73. The molecule has 1 aromatic carbocycles. The van der Waals surface area contributed by atoms with E-state index in [0.717, 1.165) is 19.4 Å². The lowest BCUT2D eigenvalue weighted by Gasteiger charge is -2.43. The highest BCUT2D eigenvalue weighted by atomic mass is 19.1. The fourth-order valence-electron chi connectivity index (χ4n) is 3.73. The van der Waals surface area contributed by atoms with Crippen molar-refractivity contribution in [1.29, 1.82) is 0 Å². The van der Waals surface area contributed by atoms with Gasteiger partial charge in [0.15, 0.2) is 0 Å². The first-order chi connectivity index (χ1) is 9.86. The van der Waals surface area contributed by atoms with Crippen LogP contribution in [0.15, 0.2) is 12.1 Å². The van der Waals surface area contributed by atoms with Crippen LogP contribution in [-0.4, -0.2) is 6.54 Å². The van der Waals surface area contributed by atoms with Crippen LogP contribution in [0.2, 0.25) is 0 Å². The molecule has 0 saturated heterocycles. The Balaban J connectivity index is 2.41. The van der Waals surface area contributed by atoms with Crippen LogP contribution in [0.3, 0.4) is 0 Å². The van der Waals surface area contributed by atoms with Crippen molar-refractivity contribution in [3.8, 4) is 0 Å². The molecule has 0 heterocycles.